The van der Waals surface area contributed by atoms with Gasteiger partial charge in [-0.05, 0) is 39.2 Å². The van der Waals surface area contributed by atoms with Crippen molar-refractivity contribution in [2.75, 3.05) is 26.2 Å². The van der Waals surface area contributed by atoms with E-state index in [1.54, 1.807) is 0 Å². The molecule has 4 heteroatoms. The Morgan fingerprint density at radius 3 is 2.53 bits per heavy atom. The van der Waals surface area contributed by atoms with Crippen LogP contribution in [0.1, 0.15) is 39.0 Å². The molecule has 1 amide bonds. The highest BCUT2D eigenvalue weighted by molar-refractivity contribution is 5.78. The number of nitrogens with zero attached hydrogens (tertiary/aromatic N) is 2. The number of hydrogen-bond acceptors (Lipinski definition) is 3. The first kappa shape index (κ1) is 12.8. The summed E-state index contributed by atoms with van der Waals surface area (Å²) in [5.74, 6) is 0.301. The van der Waals surface area contributed by atoms with Crippen molar-refractivity contribution >= 4 is 5.91 Å². The number of carbonyl (C=O) groups excluding carboxylic acids is 1. The predicted octanol–water partition coefficient (Wildman–Crippen LogP) is 0.811. The topological polar surface area (TPSA) is 49.6 Å². The minimum atomic E-state index is 0.168. The van der Waals surface area contributed by atoms with E-state index in [1.165, 1.54) is 25.7 Å². The molecule has 17 heavy (non-hydrogen) atoms. The van der Waals surface area contributed by atoms with E-state index in [1.807, 2.05) is 4.90 Å². The summed E-state index contributed by atoms with van der Waals surface area (Å²) in [7, 11) is 0. The van der Waals surface area contributed by atoms with Gasteiger partial charge in [0, 0.05) is 25.2 Å². The third-order valence-electron chi connectivity index (χ3n) is 4.07. The molecule has 0 bridgehead atoms. The molecule has 98 valence electrons. The van der Waals surface area contributed by atoms with Gasteiger partial charge in [-0.3, -0.25) is 9.69 Å². The summed E-state index contributed by atoms with van der Waals surface area (Å²) in [4.78, 5) is 16.4. The van der Waals surface area contributed by atoms with Crippen LogP contribution >= 0.6 is 0 Å². The largest absolute Gasteiger partial charge is 0.342 e. The zero-order valence-corrected chi connectivity index (χ0v) is 10.9. The Morgan fingerprint density at radius 2 is 1.88 bits per heavy atom. The zero-order chi connectivity index (χ0) is 12.3. The van der Waals surface area contributed by atoms with Crippen molar-refractivity contribution in [1.29, 1.82) is 0 Å². The highest BCUT2D eigenvalue weighted by Gasteiger charge is 2.28. The van der Waals surface area contributed by atoms with E-state index in [0.717, 1.165) is 26.1 Å². The molecule has 0 aliphatic carbocycles. The molecule has 0 aromatic carbocycles. The fourth-order valence-corrected chi connectivity index (χ4v) is 3.05. The van der Waals surface area contributed by atoms with E-state index in [0.29, 0.717) is 18.5 Å². The number of nitrogens with two attached hydrogens (primary N) is 1. The van der Waals surface area contributed by atoms with Crippen molar-refractivity contribution in [2.24, 2.45) is 5.73 Å². The molecule has 0 aromatic rings. The molecule has 2 aliphatic heterocycles. The monoisotopic (exact) mass is 239 g/mol. The first-order chi connectivity index (χ1) is 8.18. The Kier molecular flexibility index (Phi) is 4.40. The Bertz CT molecular complexity index is 261. The smallest absolute Gasteiger partial charge is 0.236 e. The highest BCUT2D eigenvalue weighted by atomic mass is 16.2. The molecule has 0 aromatic heterocycles. The minimum Gasteiger partial charge on any atom is -0.342 e. The maximum absolute atomic E-state index is 12.1. The van der Waals surface area contributed by atoms with Gasteiger partial charge >= 0.3 is 0 Å². The van der Waals surface area contributed by atoms with Crippen molar-refractivity contribution in [2.45, 2.75) is 51.1 Å². The van der Waals surface area contributed by atoms with Crippen LogP contribution in [0.5, 0.6) is 0 Å². The summed E-state index contributed by atoms with van der Waals surface area (Å²) in [6.07, 6.45) is 5.94. The molecule has 2 aliphatic rings. The van der Waals surface area contributed by atoms with Crippen LogP contribution in [0, 0.1) is 0 Å². The van der Waals surface area contributed by atoms with Crippen LogP contribution in [0.15, 0.2) is 0 Å². The molecule has 2 N–H and O–H groups in total. The summed E-state index contributed by atoms with van der Waals surface area (Å²) in [6.45, 7) is 5.58. The lowest BCUT2D eigenvalue weighted by atomic mass is 9.97. The SMILES string of the molecule is CC(N)C1CCCCN1CC(=O)N1CCCC1. The van der Waals surface area contributed by atoms with Crippen LogP contribution < -0.4 is 5.73 Å². The molecule has 0 radical (unpaired) electrons. The summed E-state index contributed by atoms with van der Waals surface area (Å²) >= 11 is 0. The van der Waals surface area contributed by atoms with Crippen molar-refractivity contribution in [3.05, 3.63) is 0 Å². The Morgan fingerprint density at radius 1 is 1.24 bits per heavy atom. The number of hydrogen-bond donors (Lipinski definition) is 1. The van der Waals surface area contributed by atoms with Gasteiger partial charge in [-0.1, -0.05) is 6.42 Å². The van der Waals surface area contributed by atoms with Gasteiger partial charge in [0.05, 0.1) is 6.54 Å². The summed E-state index contributed by atoms with van der Waals surface area (Å²) < 4.78 is 0. The molecular formula is C13H25N3O. The van der Waals surface area contributed by atoms with Crippen LogP contribution in [0.4, 0.5) is 0 Å². The second-order valence-corrected chi connectivity index (χ2v) is 5.48. The van der Waals surface area contributed by atoms with E-state index in [2.05, 4.69) is 11.8 Å². The minimum absolute atomic E-state index is 0.168. The van der Waals surface area contributed by atoms with Gasteiger partial charge in [0.15, 0.2) is 0 Å². The van der Waals surface area contributed by atoms with Crippen LogP contribution in [0.3, 0.4) is 0 Å². The third kappa shape index (κ3) is 3.19. The van der Waals surface area contributed by atoms with Crippen LogP contribution in [0.25, 0.3) is 0 Å². The molecule has 4 nitrogen and oxygen atoms in total. The standard InChI is InChI=1S/C13H25N3O/c1-11(14)12-6-2-3-9-16(12)10-13(17)15-7-4-5-8-15/h11-12H,2-10,14H2,1H3. The highest BCUT2D eigenvalue weighted by Crippen LogP contribution is 2.19. The third-order valence-corrected chi connectivity index (χ3v) is 4.07. The molecule has 0 spiro atoms. The molecule has 2 unspecified atom stereocenters. The van der Waals surface area contributed by atoms with Crippen LogP contribution in [-0.4, -0.2) is 54.0 Å². The lowest BCUT2D eigenvalue weighted by Crippen LogP contribution is -2.52. The molecule has 2 fully saturated rings. The Balaban J connectivity index is 1.88. The van der Waals surface area contributed by atoms with Crippen molar-refractivity contribution in [3.63, 3.8) is 0 Å². The molecule has 2 rings (SSSR count). The maximum Gasteiger partial charge on any atom is 0.236 e. The number of likely N-dealkylation sites (tertiary alicyclic amines) is 2. The van der Waals surface area contributed by atoms with E-state index in [-0.39, 0.29) is 6.04 Å². The molecular weight excluding hydrogens is 214 g/mol. The van der Waals surface area contributed by atoms with E-state index >= 15 is 0 Å². The second kappa shape index (κ2) is 5.83. The molecule has 0 saturated carbocycles. The van der Waals surface area contributed by atoms with Gasteiger partial charge in [0.2, 0.25) is 5.91 Å². The van der Waals surface area contributed by atoms with Crippen molar-refractivity contribution < 1.29 is 4.79 Å². The predicted molar refractivity (Wildman–Crippen MR) is 68.7 cm³/mol. The summed E-state index contributed by atoms with van der Waals surface area (Å²) in [5.41, 5.74) is 6.02. The molecule has 2 heterocycles. The summed E-state index contributed by atoms with van der Waals surface area (Å²) in [6, 6.07) is 0.567. The second-order valence-electron chi connectivity index (χ2n) is 5.48. The normalized spacial score (nSPS) is 28.4. The average Bonchev–Trinajstić information content (AvgIpc) is 2.83. The lowest BCUT2D eigenvalue weighted by molar-refractivity contribution is -0.132. The van der Waals surface area contributed by atoms with Crippen molar-refractivity contribution in [3.8, 4) is 0 Å². The summed E-state index contributed by atoms with van der Waals surface area (Å²) in [5, 5.41) is 0. The van der Waals surface area contributed by atoms with Gasteiger partial charge in [-0.15, -0.1) is 0 Å². The van der Waals surface area contributed by atoms with Gasteiger partial charge in [0.1, 0.15) is 0 Å². The van der Waals surface area contributed by atoms with Crippen molar-refractivity contribution in [1.82, 2.24) is 9.80 Å². The van der Waals surface area contributed by atoms with E-state index in [4.69, 9.17) is 5.73 Å². The number of piperidine rings is 1. The Hall–Kier alpha value is -0.610. The van der Waals surface area contributed by atoms with Gasteiger partial charge in [-0.25, -0.2) is 0 Å². The lowest BCUT2D eigenvalue weighted by Gasteiger charge is -2.38. The first-order valence-corrected chi connectivity index (χ1v) is 6.96. The van der Waals surface area contributed by atoms with Crippen LogP contribution in [0.2, 0.25) is 0 Å². The Labute approximate surface area is 104 Å². The zero-order valence-electron chi connectivity index (χ0n) is 10.9. The van der Waals surface area contributed by atoms with Crippen LogP contribution in [-0.2, 0) is 4.79 Å². The number of rotatable bonds is 3. The van der Waals surface area contributed by atoms with Gasteiger partial charge in [-0.2, -0.15) is 0 Å². The number of amides is 1. The average molecular weight is 239 g/mol. The fraction of sp³-hybridized carbons (Fsp3) is 0.923. The fourth-order valence-electron chi connectivity index (χ4n) is 3.05. The molecule has 2 saturated heterocycles. The quantitative estimate of drug-likeness (QED) is 0.793. The first-order valence-electron chi connectivity index (χ1n) is 6.96. The van der Waals surface area contributed by atoms with Gasteiger partial charge in [0.25, 0.3) is 0 Å². The number of carbonyl (C=O) groups is 1. The van der Waals surface area contributed by atoms with Gasteiger partial charge < -0.3 is 10.6 Å². The van der Waals surface area contributed by atoms with E-state index < -0.39 is 0 Å². The van der Waals surface area contributed by atoms with E-state index in [9.17, 15) is 4.79 Å². The maximum atomic E-state index is 12.1. The molecule has 2 atom stereocenters.